The smallest absolute Gasteiger partial charge is 0.325 e. The molecular formula is C13H19Cl2N3O2S+2. The largest absolute Gasteiger partial charge is 0.328 e. The number of amidine groups is 1. The second-order valence-corrected chi connectivity index (χ2v) is 7.78. The van der Waals surface area contributed by atoms with E-state index in [-0.39, 0.29) is 20.8 Å². The molecule has 0 atom stereocenters. The van der Waals surface area contributed by atoms with Crippen LogP contribution in [0.15, 0.2) is 23.1 Å². The minimum absolute atomic E-state index is 0.0107. The molecule has 8 heteroatoms. The topological polar surface area (TPSA) is 78.6 Å². The molecule has 0 aliphatic carbocycles. The van der Waals surface area contributed by atoms with Crippen LogP contribution in [0.1, 0.15) is 19.3 Å². The van der Waals surface area contributed by atoms with Gasteiger partial charge in [0, 0.05) is 10.0 Å². The Morgan fingerprint density at radius 3 is 2.29 bits per heavy atom. The van der Waals surface area contributed by atoms with E-state index in [1.54, 1.807) is 0 Å². The Morgan fingerprint density at radius 1 is 1.14 bits per heavy atom. The van der Waals surface area contributed by atoms with Crippen molar-refractivity contribution in [3.05, 3.63) is 28.2 Å². The van der Waals surface area contributed by atoms with Gasteiger partial charge >= 0.3 is 15.9 Å². The van der Waals surface area contributed by atoms with E-state index in [1.807, 2.05) is 0 Å². The van der Waals surface area contributed by atoms with E-state index in [4.69, 9.17) is 28.9 Å². The van der Waals surface area contributed by atoms with E-state index in [1.165, 1.54) is 29.5 Å². The molecule has 0 saturated carbocycles. The molecule has 1 aliphatic rings. The molecule has 1 saturated heterocycles. The minimum atomic E-state index is -3.75. The molecule has 21 heavy (non-hydrogen) atoms. The maximum absolute atomic E-state index is 12.3. The molecule has 0 radical (unpaired) electrons. The summed E-state index contributed by atoms with van der Waals surface area (Å²) in [6, 6.07) is 4.17. The lowest BCUT2D eigenvalue weighted by Gasteiger charge is -2.21. The van der Waals surface area contributed by atoms with Gasteiger partial charge in [-0.1, -0.05) is 23.2 Å². The van der Waals surface area contributed by atoms with Crippen LogP contribution in [-0.4, -0.2) is 33.9 Å². The quantitative estimate of drug-likeness (QED) is 0.490. The van der Waals surface area contributed by atoms with Gasteiger partial charge in [0.25, 0.3) is 0 Å². The zero-order chi connectivity index (χ0) is 15.5. The second kappa shape index (κ2) is 6.96. The Morgan fingerprint density at radius 2 is 1.71 bits per heavy atom. The molecule has 5 nitrogen and oxygen atoms in total. The molecule has 1 aromatic carbocycles. The highest BCUT2D eigenvalue weighted by molar-refractivity contribution is 7.84. The van der Waals surface area contributed by atoms with Crippen LogP contribution in [-0.2, 0) is 10.0 Å². The summed E-state index contributed by atoms with van der Waals surface area (Å²) in [6.07, 6.45) is 3.54. The molecule has 2 rings (SSSR count). The van der Waals surface area contributed by atoms with Crippen LogP contribution in [0.2, 0.25) is 10.0 Å². The summed E-state index contributed by atoms with van der Waals surface area (Å²) < 4.78 is 26.9. The third kappa shape index (κ3) is 4.85. The van der Waals surface area contributed by atoms with Crippen molar-refractivity contribution in [1.29, 1.82) is 0 Å². The third-order valence-corrected chi connectivity index (χ3v) is 5.24. The third-order valence-electron chi connectivity index (χ3n) is 3.41. The van der Waals surface area contributed by atoms with Gasteiger partial charge in [-0.05, 0) is 37.5 Å². The lowest BCUT2D eigenvalue weighted by molar-refractivity contribution is -0.897. The Kier molecular flexibility index (Phi) is 5.48. The number of nitrogens with one attached hydrogen (secondary N) is 2. The Hall–Kier alpha value is -0.820. The lowest BCUT2D eigenvalue weighted by Crippen LogP contribution is -3.15. The zero-order valence-corrected chi connectivity index (χ0v) is 13.9. The number of hydrogen-bond acceptors (Lipinski definition) is 2. The van der Waals surface area contributed by atoms with E-state index in [0.717, 1.165) is 25.9 Å². The average Bonchev–Trinajstić information content (AvgIpc) is 2.37. The first kappa shape index (κ1) is 16.5. The van der Waals surface area contributed by atoms with Gasteiger partial charge < -0.3 is 4.90 Å². The first-order valence-electron chi connectivity index (χ1n) is 6.80. The summed E-state index contributed by atoms with van der Waals surface area (Å²) in [7, 11) is -3.75. The maximum Gasteiger partial charge on any atom is 0.328 e. The van der Waals surface area contributed by atoms with Gasteiger partial charge in [0.05, 0.1) is 13.1 Å². The standard InChI is InChI=1S/C13H17Cl2N3O2S/c14-10-6-11(15)8-12(7-10)21(19,20)17-13(16)9-18-4-2-1-3-5-18/h6-8H,1-5,9H2,(H2,16,17)/p+2. The number of likely N-dealkylation sites (tertiary alicyclic amines) is 1. The summed E-state index contributed by atoms with van der Waals surface area (Å²) in [4.78, 5) is 1.31. The molecule has 0 bridgehead atoms. The molecule has 0 aromatic heterocycles. The van der Waals surface area contributed by atoms with Crippen LogP contribution in [0.25, 0.3) is 0 Å². The van der Waals surface area contributed by atoms with Crippen molar-refractivity contribution >= 4 is 39.1 Å². The van der Waals surface area contributed by atoms with Crippen LogP contribution in [0.4, 0.5) is 0 Å². The molecule has 116 valence electrons. The molecule has 1 aliphatic heterocycles. The van der Waals surface area contributed by atoms with Crippen molar-refractivity contribution < 1.29 is 17.7 Å². The van der Waals surface area contributed by atoms with Crippen LogP contribution in [0, 0.1) is 0 Å². The van der Waals surface area contributed by atoms with Crippen molar-refractivity contribution in [3.63, 3.8) is 0 Å². The fourth-order valence-electron chi connectivity index (χ4n) is 2.45. The summed E-state index contributed by atoms with van der Waals surface area (Å²) >= 11 is 11.7. The van der Waals surface area contributed by atoms with Gasteiger partial charge in [0.2, 0.25) is 0 Å². The number of sulfonamides is 1. The maximum atomic E-state index is 12.3. The molecule has 0 amide bonds. The normalized spacial score (nSPS) is 17.9. The Labute approximate surface area is 134 Å². The summed E-state index contributed by atoms with van der Waals surface area (Å²) in [6.45, 7) is 2.53. The molecule has 1 fully saturated rings. The van der Waals surface area contributed by atoms with Crippen molar-refractivity contribution in [2.24, 2.45) is 5.73 Å². The summed E-state index contributed by atoms with van der Waals surface area (Å²) in [5.74, 6) is 0.239. The van der Waals surface area contributed by atoms with Crippen LogP contribution >= 0.6 is 23.2 Å². The monoisotopic (exact) mass is 351 g/mol. The van der Waals surface area contributed by atoms with Crippen LogP contribution < -0.4 is 15.0 Å². The highest BCUT2D eigenvalue weighted by atomic mass is 35.5. The number of piperidine rings is 1. The fourth-order valence-corrected chi connectivity index (χ4v) is 4.20. The predicted octanol–water partition coefficient (Wildman–Crippen LogP) is -0.811. The van der Waals surface area contributed by atoms with E-state index < -0.39 is 10.0 Å². The Bertz CT molecular complexity index is 621. The zero-order valence-electron chi connectivity index (χ0n) is 11.5. The van der Waals surface area contributed by atoms with Gasteiger partial charge in [-0.2, -0.15) is 12.8 Å². The first-order chi connectivity index (χ1) is 9.87. The number of quaternary nitrogens is 1. The number of nitrogens with two attached hydrogens (primary N) is 1. The van der Waals surface area contributed by atoms with Crippen molar-refractivity contribution in [3.8, 4) is 0 Å². The second-order valence-electron chi connectivity index (χ2n) is 5.22. The number of halogens is 2. The van der Waals surface area contributed by atoms with Gasteiger partial charge in [-0.15, -0.1) is 0 Å². The van der Waals surface area contributed by atoms with Crippen molar-refractivity contribution in [2.75, 3.05) is 19.6 Å². The minimum Gasteiger partial charge on any atom is -0.325 e. The summed E-state index contributed by atoms with van der Waals surface area (Å²) in [5, 5.41) is 0.534. The van der Waals surface area contributed by atoms with Gasteiger partial charge in [0.1, 0.15) is 4.90 Å². The van der Waals surface area contributed by atoms with E-state index in [9.17, 15) is 8.42 Å². The molecule has 4 N–H and O–H groups in total. The number of hydrogen-bond donors (Lipinski definition) is 3. The fraction of sp³-hybridized carbons (Fsp3) is 0.462. The van der Waals surface area contributed by atoms with Gasteiger partial charge in [-0.3, -0.25) is 5.73 Å². The average molecular weight is 352 g/mol. The molecule has 0 unspecified atom stereocenters. The van der Waals surface area contributed by atoms with E-state index >= 15 is 0 Å². The highest BCUT2D eigenvalue weighted by Gasteiger charge is 2.22. The molecule has 1 heterocycles. The van der Waals surface area contributed by atoms with Gasteiger partial charge in [0.15, 0.2) is 6.54 Å². The van der Waals surface area contributed by atoms with Crippen molar-refractivity contribution in [1.82, 2.24) is 0 Å². The molecule has 1 aromatic rings. The van der Waals surface area contributed by atoms with Crippen LogP contribution in [0.3, 0.4) is 0 Å². The predicted molar refractivity (Wildman–Crippen MR) is 83.2 cm³/mol. The summed E-state index contributed by atoms with van der Waals surface area (Å²) in [5.41, 5.74) is 5.84. The SMILES string of the molecule is NC(C[NH+]1CCCCC1)=[NH+]S(=O)(=O)c1cc(Cl)cc(Cl)c1. The molecular weight excluding hydrogens is 333 g/mol. The first-order valence-corrected chi connectivity index (χ1v) is 9.04. The molecule has 0 spiro atoms. The number of benzene rings is 1. The van der Waals surface area contributed by atoms with Crippen molar-refractivity contribution in [2.45, 2.75) is 24.2 Å². The van der Waals surface area contributed by atoms with Crippen LogP contribution in [0.5, 0.6) is 0 Å². The van der Waals surface area contributed by atoms with E-state index in [2.05, 4.69) is 4.40 Å². The van der Waals surface area contributed by atoms with Gasteiger partial charge in [-0.25, -0.2) is 0 Å². The van der Waals surface area contributed by atoms with E-state index in [0.29, 0.717) is 6.54 Å². The number of rotatable bonds is 4. The lowest BCUT2D eigenvalue weighted by atomic mass is 10.1. The highest BCUT2D eigenvalue weighted by Crippen LogP contribution is 2.20. The Balaban J connectivity index is 2.16.